The van der Waals surface area contributed by atoms with Crippen LogP contribution in [0.4, 0.5) is 0 Å². The number of aromatic amines is 1. The van der Waals surface area contributed by atoms with Crippen molar-refractivity contribution >= 4 is 5.65 Å². The summed E-state index contributed by atoms with van der Waals surface area (Å²) < 4.78 is 1.83. The third-order valence-electron chi connectivity index (χ3n) is 3.55. The molecule has 0 aliphatic carbocycles. The fourth-order valence-electron chi connectivity index (χ4n) is 2.39. The first-order valence-electron chi connectivity index (χ1n) is 7.23. The van der Waals surface area contributed by atoms with Crippen molar-refractivity contribution in [2.24, 2.45) is 0 Å². The Morgan fingerprint density at radius 1 is 1.29 bits per heavy atom. The molecule has 0 aliphatic heterocycles. The Kier molecular flexibility index (Phi) is 3.96. The van der Waals surface area contributed by atoms with E-state index < -0.39 is 0 Å². The molecule has 0 fully saturated rings. The third-order valence-corrected chi connectivity index (χ3v) is 3.55. The Morgan fingerprint density at radius 3 is 3.00 bits per heavy atom. The zero-order valence-corrected chi connectivity index (χ0v) is 12.4. The van der Waals surface area contributed by atoms with Crippen molar-refractivity contribution in [1.29, 1.82) is 0 Å². The highest BCUT2D eigenvalue weighted by Crippen LogP contribution is 2.06. The number of hydrogen-bond donors (Lipinski definition) is 2. The van der Waals surface area contributed by atoms with Crippen molar-refractivity contribution in [3.8, 4) is 0 Å². The number of nitrogens with zero attached hydrogens (tertiary/aromatic N) is 4. The van der Waals surface area contributed by atoms with Crippen LogP contribution < -0.4 is 5.32 Å². The van der Waals surface area contributed by atoms with Crippen LogP contribution in [0.15, 0.2) is 24.7 Å². The van der Waals surface area contributed by atoms with Gasteiger partial charge >= 0.3 is 0 Å². The predicted molar refractivity (Wildman–Crippen MR) is 81.1 cm³/mol. The zero-order chi connectivity index (χ0) is 14.7. The second-order valence-electron chi connectivity index (χ2n) is 5.35. The van der Waals surface area contributed by atoms with Gasteiger partial charge in [-0.15, -0.1) is 0 Å². The third kappa shape index (κ3) is 3.28. The highest BCUT2D eigenvalue weighted by Gasteiger charge is 2.02. The van der Waals surface area contributed by atoms with Gasteiger partial charge in [0.15, 0.2) is 5.65 Å². The van der Waals surface area contributed by atoms with Gasteiger partial charge in [0.05, 0.1) is 11.9 Å². The van der Waals surface area contributed by atoms with Crippen LogP contribution in [0.5, 0.6) is 0 Å². The quantitative estimate of drug-likeness (QED) is 0.677. The van der Waals surface area contributed by atoms with E-state index in [-0.39, 0.29) is 0 Å². The van der Waals surface area contributed by atoms with Gasteiger partial charge in [-0.1, -0.05) is 0 Å². The lowest BCUT2D eigenvalue weighted by atomic mass is 10.1. The van der Waals surface area contributed by atoms with Crippen LogP contribution in [-0.2, 0) is 13.0 Å². The average molecular weight is 284 g/mol. The summed E-state index contributed by atoms with van der Waals surface area (Å²) in [4.78, 5) is 4.40. The highest BCUT2D eigenvalue weighted by molar-refractivity contribution is 5.38. The lowest BCUT2D eigenvalue weighted by molar-refractivity contribution is 0.644. The molecule has 6 nitrogen and oxygen atoms in total. The summed E-state index contributed by atoms with van der Waals surface area (Å²) in [6, 6.07) is 1.98. The topological polar surface area (TPSA) is 70.9 Å². The molecule has 3 aromatic heterocycles. The van der Waals surface area contributed by atoms with Crippen molar-refractivity contribution in [1.82, 2.24) is 30.1 Å². The molecule has 0 bridgehead atoms. The van der Waals surface area contributed by atoms with Crippen LogP contribution in [0.25, 0.3) is 5.65 Å². The fourth-order valence-corrected chi connectivity index (χ4v) is 2.39. The van der Waals surface area contributed by atoms with E-state index in [2.05, 4.69) is 32.5 Å². The van der Waals surface area contributed by atoms with Gasteiger partial charge in [-0.25, -0.2) is 9.50 Å². The summed E-state index contributed by atoms with van der Waals surface area (Å²) in [5.41, 5.74) is 5.49. The molecule has 110 valence electrons. The molecular formula is C15H20N6. The van der Waals surface area contributed by atoms with E-state index in [0.717, 1.165) is 42.8 Å². The Morgan fingerprint density at radius 2 is 2.19 bits per heavy atom. The minimum atomic E-state index is 0.812. The molecule has 2 N–H and O–H groups in total. The maximum Gasteiger partial charge on any atom is 0.155 e. The van der Waals surface area contributed by atoms with Crippen LogP contribution in [0.2, 0.25) is 0 Å². The summed E-state index contributed by atoms with van der Waals surface area (Å²) in [5.74, 6) is 0. The summed E-state index contributed by atoms with van der Waals surface area (Å²) in [7, 11) is 0. The van der Waals surface area contributed by atoms with Gasteiger partial charge in [0.1, 0.15) is 0 Å². The van der Waals surface area contributed by atoms with Gasteiger partial charge in [0, 0.05) is 36.3 Å². The molecule has 21 heavy (non-hydrogen) atoms. The van der Waals surface area contributed by atoms with E-state index in [0.29, 0.717) is 0 Å². The number of aromatic nitrogens is 5. The van der Waals surface area contributed by atoms with E-state index >= 15 is 0 Å². The molecule has 0 amide bonds. The minimum Gasteiger partial charge on any atom is -0.313 e. The molecule has 0 atom stereocenters. The molecule has 0 aromatic carbocycles. The maximum absolute atomic E-state index is 4.40. The monoisotopic (exact) mass is 284 g/mol. The summed E-state index contributed by atoms with van der Waals surface area (Å²) in [6.45, 7) is 5.82. The molecular weight excluding hydrogens is 264 g/mol. The molecule has 6 heteroatoms. The fraction of sp³-hybridized carbons (Fsp3) is 0.400. The standard InChI is InChI=1S/C15H20N6/c1-11-6-15-17-8-13(10-21(15)20-11)7-16-5-3-4-14-9-18-19-12(14)2/h6,8-10,16H,3-5,7H2,1-2H3,(H,18,19). The number of nitrogens with one attached hydrogen (secondary N) is 2. The Balaban J connectivity index is 1.47. The normalized spacial score (nSPS) is 11.3. The van der Waals surface area contributed by atoms with Gasteiger partial charge in [-0.3, -0.25) is 5.10 Å². The zero-order valence-electron chi connectivity index (χ0n) is 12.4. The maximum atomic E-state index is 4.40. The van der Waals surface area contributed by atoms with Crippen LogP contribution in [0.1, 0.15) is 28.9 Å². The molecule has 3 heterocycles. The molecule has 0 spiro atoms. The van der Waals surface area contributed by atoms with Crippen LogP contribution in [-0.4, -0.2) is 31.3 Å². The van der Waals surface area contributed by atoms with Crippen LogP contribution in [0.3, 0.4) is 0 Å². The van der Waals surface area contributed by atoms with Crippen molar-refractivity contribution in [2.75, 3.05) is 6.54 Å². The Hall–Kier alpha value is -2.21. The lowest BCUT2D eigenvalue weighted by Gasteiger charge is -2.05. The minimum absolute atomic E-state index is 0.812. The molecule has 0 unspecified atom stereocenters. The second kappa shape index (κ2) is 6.05. The number of fused-ring (bicyclic) bond motifs is 1. The van der Waals surface area contributed by atoms with Gasteiger partial charge in [-0.2, -0.15) is 10.2 Å². The predicted octanol–water partition coefficient (Wildman–Crippen LogP) is 1.79. The summed E-state index contributed by atoms with van der Waals surface area (Å²) in [5, 5.41) is 14.8. The van der Waals surface area contributed by atoms with Crippen molar-refractivity contribution in [2.45, 2.75) is 33.2 Å². The van der Waals surface area contributed by atoms with Crippen molar-refractivity contribution in [3.05, 3.63) is 47.2 Å². The molecule has 3 rings (SSSR count). The highest BCUT2D eigenvalue weighted by atomic mass is 15.2. The van der Waals surface area contributed by atoms with E-state index in [1.807, 2.05) is 36.1 Å². The van der Waals surface area contributed by atoms with Gasteiger partial charge < -0.3 is 5.32 Å². The van der Waals surface area contributed by atoms with Gasteiger partial charge in [0.25, 0.3) is 0 Å². The Labute approximate surface area is 123 Å². The van der Waals surface area contributed by atoms with Crippen molar-refractivity contribution in [3.63, 3.8) is 0 Å². The number of rotatable bonds is 6. The smallest absolute Gasteiger partial charge is 0.155 e. The summed E-state index contributed by atoms with van der Waals surface area (Å²) >= 11 is 0. The molecule has 0 saturated carbocycles. The number of aryl methyl sites for hydroxylation is 3. The van der Waals surface area contributed by atoms with E-state index in [1.165, 1.54) is 11.3 Å². The largest absolute Gasteiger partial charge is 0.313 e. The van der Waals surface area contributed by atoms with Gasteiger partial charge in [-0.05, 0) is 38.8 Å². The lowest BCUT2D eigenvalue weighted by Crippen LogP contribution is -2.16. The molecule has 3 aromatic rings. The first-order chi connectivity index (χ1) is 10.2. The van der Waals surface area contributed by atoms with Crippen molar-refractivity contribution < 1.29 is 0 Å². The van der Waals surface area contributed by atoms with E-state index in [1.54, 1.807) is 0 Å². The Bertz CT molecular complexity index is 727. The van der Waals surface area contributed by atoms with Gasteiger partial charge in [0.2, 0.25) is 0 Å². The first-order valence-corrected chi connectivity index (χ1v) is 7.23. The molecule has 0 radical (unpaired) electrons. The number of hydrogen-bond acceptors (Lipinski definition) is 4. The van der Waals surface area contributed by atoms with Crippen LogP contribution >= 0.6 is 0 Å². The molecule has 0 saturated heterocycles. The first kappa shape index (κ1) is 13.8. The second-order valence-corrected chi connectivity index (χ2v) is 5.35. The average Bonchev–Trinajstić information content (AvgIpc) is 3.03. The van der Waals surface area contributed by atoms with E-state index in [4.69, 9.17) is 0 Å². The number of H-pyrrole nitrogens is 1. The molecule has 0 aliphatic rings. The summed E-state index contributed by atoms with van der Waals surface area (Å²) in [6.07, 6.45) is 7.99. The van der Waals surface area contributed by atoms with E-state index in [9.17, 15) is 0 Å². The van der Waals surface area contributed by atoms with Crippen LogP contribution in [0, 0.1) is 13.8 Å². The SMILES string of the molecule is Cc1cc2ncc(CNCCCc3cn[nH]c3C)cn2n1.